The lowest BCUT2D eigenvalue weighted by Gasteiger charge is -2.20. The van der Waals surface area contributed by atoms with E-state index in [0.717, 1.165) is 12.2 Å². The first-order valence-corrected chi connectivity index (χ1v) is 6.27. The van der Waals surface area contributed by atoms with Gasteiger partial charge in [0.1, 0.15) is 6.10 Å². The van der Waals surface area contributed by atoms with Crippen LogP contribution in [0.25, 0.3) is 0 Å². The molecule has 102 valence electrons. The zero-order chi connectivity index (χ0) is 13.6. The summed E-state index contributed by atoms with van der Waals surface area (Å²) >= 11 is 0. The third-order valence-corrected chi connectivity index (χ3v) is 2.30. The molecule has 18 heavy (non-hydrogen) atoms. The van der Waals surface area contributed by atoms with Crippen LogP contribution in [0.4, 0.5) is 0 Å². The summed E-state index contributed by atoms with van der Waals surface area (Å²) in [5.74, 6) is 0.646. The largest absolute Gasteiger partial charge is 0.472 e. The van der Waals surface area contributed by atoms with Crippen molar-refractivity contribution in [3.05, 3.63) is 23.9 Å². The quantitative estimate of drug-likeness (QED) is 0.844. The summed E-state index contributed by atoms with van der Waals surface area (Å²) in [6.45, 7) is 9.66. The summed E-state index contributed by atoms with van der Waals surface area (Å²) in [5, 5.41) is 3.40. The molecule has 4 nitrogen and oxygen atoms in total. The Morgan fingerprint density at radius 2 is 2.06 bits per heavy atom. The van der Waals surface area contributed by atoms with Crippen molar-refractivity contribution in [3.8, 4) is 5.88 Å². The lowest BCUT2D eigenvalue weighted by Crippen LogP contribution is -2.35. The van der Waals surface area contributed by atoms with Gasteiger partial charge in [-0.3, -0.25) is 0 Å². The fraction of sp³-hybridized carbons (Fsp3) is 0.643. The Morgan fingerprint density at radius 3 is 2.67 bits per heavy atom. The number of hydrogen-bond donors (Lipinski definition) is 1. The summed E-state index contributed by atoms with van der Waals surface area (Å²) < 4.78 is 10.7. The van der Waals surface area contributed by atoms with Crippen LogP contribution in [-0.2, 0) is 11.3 Å². The number of nitrogens with one attached hydrogen (secondary N) is 1. The van der Waals surface area contributed by atoms with Gasteiger partial charge in [-0.1, -0.05) is 6.07 Å². The molecular weight excluding hydrogens is 228 g/mol. The molecule has 1 aromatic heterocycles. The molecule has 0 aliphatic carbocycles. The molecule has 0 saturated carbocycles. The molecule has 0 aliphatic heterocycles. The minimum absolute atomic E-state index is 0.00771. The zero-order valence-corrected chi connectivity index (χ0v) is 12.0. The molecule has 1 rings (SSSR count). The number of hydrogen-bond acceptors (Lipinski definition) is 4. The molecular formula is C14H24N2O2. The van der Waals surface area contributed by atoms with Gasteiger partial charge in [0, 0.05) is 25.3 Å². The molecule has 0 aromatic carbocycles. The van der Waals surface area contributed by atoms with Gasteiger partial charge in [-0.05, 0) is 33.8 Å². The van der Waals surface area contributed by atoms with Crippen molar-refractivity contribution < 1.29 is 9.47 Å². The normalized spacial score (nSPS) is 13.4. The highest BCUT2D eigenvalue weighted by Gasteiger charge is 2.10. The first kappa shape index (κ1) is 14.9. The Labute approximate surface area is 110 Å². The average molecular weight is 252 g/mol. The number of ether oxygens (including phenoxy) is 2. The van der Waals surface area contributed by atoms with E-state index in [1.807, 2.05) is 25.1 Å². The summed E-state index contributed by atoms with van der Waals surface area (Å²) in [6, 6.07) is 5.82. The van der Waals surface area contributed by atoms with E-state index in [1.165, 1.54) is 0 Å². The molecule has 0 fully saturated rings. The third kappa shape index (κ3) is 5.98. The summed E-state index contributed by atoms with van der Waals surface area (Å²) in [6.07, 6.45) is 0.00771. The van der Waals surface area contributed by atoms with Crippen molar-refractivity contribution >= 4 is 0 Å². The van der Waals surface area contributed by atoms with Gasteiger partial charge in [-0.25, -0.2) is 4.98 Å². The first-order chi connectivity index (χ1) is 8.40. The standard InChI is InChI=1S/C14H24N2O2/c1-11(10-17-5)18-13-8-6-7-12(16-13)9-15-14(2,3)4/h6-8,11,15H,9-10H2,1-5H3. The third-order valence-electron chi connectivity index (χ3n) is 2.30. The number of nitrogens with zero attached hydrogens (tertiary/aromatic N) is 1. The molecule has 0 bridgehead atoms. The van der Waals surface area contributed by atoms with Crippen LogP contribution in [0.15, 0.2) is 18.2 Å². The van der Waals surface area contributed by atoms with Crippen molar-refractivity contribution in [3.63, 3.8) is 0 Å². The van der Waals surface area contributed by atoms with Crippen LogP contribution in [0, 0.1) is 0 Å². The molecule has 0 aliphatic rings. The first-order valence-electron chi connectivity index (χ1n) is 6.27. The Bertz CT molecular complexity index is 361. The predicted molar refractivity (Wildman–Crippen MR) is 72.8 cm³/mol. The number of rotatable bonds is 6. The topological polar surface area (TPSA) is 43.4 Å². The maximum absolute atomic E-state index is 5.66. The van der Waals surface area contributed by atoms with Gasteiger partial charge < -0.3 is 14.8 Å². The zero-order valence-electron chi connectivity index (χ0n) is 12.0. The predicted octanol–water partition coefficient (Wildman–Crippen LogP) is 2.38. The summed E-state index contributed by atoms with van der Waals surface area (Å²) in [4.78, 5) is 4.46. The van der Waals surface area contributed by atoms with Gasteiger partial charge >= 0.3 is 0 Å². The summed E-state index contributed by atoms with van der Waals surface area (Å²) in [5.41, 5.74) is 1.06. The van der Waals surface area contributed by atoms with Gasteiger partial charge in [0.25, 0.3) is 0 Å². The van der Waals surface area contributed by atoms with Crippen LogP contribution >= 0.6 is 0 Å². The number of aromatic nitrogens is 1. The van der Waals surface area contributed by atoms with Gasteiger partial charge in [0.05, 0.1) is 12.3 Å². The van der Waals surface area contributed by atoms with E-state index in [2.05, 4.69) is 31.1 Å². The van der Waals surface area contributed by atoms with Crippen molar-refractivity contribution in [1.82, 2.24) is 10.3 Å². The highest BCUT2D eigenvalue weighted by molar-refractivity contribution is 5.16. The molecule has 1 N–H and O–H groups in total. The monoisotopic (exact) mass is 252 g/mol. The summed E-state index contributed by atoms with van der Waals surface area (Å²) in [7, 11) is 1.66. The Kier molecular flexibility index (Phi) is 5.56. The van der Waals surface area contributed by atoms with E-state index < -0.39 is 0 Å². The van der Waals surface area contributed by atoms with Crippen LogP contribution in [-0.4, -0.2) is 30.3 Å². The Hall–Kier alpha value is -1.13. The van der Waals surface area contributed by atoms with E-state index in [1.54, 1.807) is 7.11 Å². The molecule has 1 aromatic rings. The van der Waals surface area contributed by atoms with E-state index in [0.29, 0.717) is 12.5 Å². The molecule has 0 saturated heterocycles. The lowest BCUT2D eigenvalue weighted by molar-refractivity contribution is 0.0888. The second-order valence-corrected chi connectivity index (χ2v) is 5.45. The van der Waals surface area contributed by atoms with Crippen molar-refractivity contribution in [2.24, 2.45) is 0 Å². The highest BCUT2D eigenvalue weighted by atomic mass is 16.5. The fourth-order valence-electron chi connectivity index (χ4n) is 1.45. The Balaban J connectivity index is 2.56. The SMILES string of the molecule is COCC(C)Oc1cccc(CNC(C)(C)C)n1. The lowest BCUT2D eigenvalue weighted by atomic mass is 10.1. The second kappa shape index (κ2) is 6.71. The number of pyridine rings is 1. The van der Waals surface area contributed by atoms with Crippen LogP contribution in [0.1, 0.15) is 33.4 Å². The van der Waals surface area contributed by atoms with Gasteiger partial charge in [0.2, 0.25) is 5.88 Å². The molecule has 4 heteroatoms. The fourth-order valence-corrected chi connectivity index (χ4v) is 1.45. The smallest absolute Gasteiger partial charge is 0.213 e. The maximum atomic E-state index is 5.66. The van der Waals surface area contributed by atoms with Gasteiger partial charge in [-0.2, -0.15) is 0 Å². The minimum Gasteiger partial charge on any atom is -0.472 e. The minimum atomic E-state index is 0.00771. The molecule has 1 unspecified atom stereocenters. The van der Waals surface area contributed by atoms with Crippen LogP contribution in [0.2, 0.25) is 0 Å². The van der Waals surface area contributed by atoms with Crippen molar-refractivity contribution in [1.29, 1.82) is 0 Å². The van der Waals surface area contributed by atoms with Crippen molar-refractivity contribution in [2.75, 3.05) is 13.7 Å². The van der Waals surface area contributed by atoms with Crippen LogP contribution < -0.4 is 10.1 Å². The molecule has 0 amide bonds. The molecule has 1 heterocycles. The Morgan fingerprint density at radius 1 is 1.33 bits per heavy atom. The average Bonchev–Trinajstić information content (AvgIpc) is 2.26. The van der Waals surface area contributed by atoms with Crippen LogP contribution in [0.3, 0.4) is 0 Å². The van der Waals surface area contributed by atoms with Gasteiger partial charge in [0.15, 0.2) is 0 Å². The van der Waals surface area contributed by atoms with E-state index >= 15 is 0 Å². The maximum Gasteiger partial charge on any atom is 0.213 e. The van der Waals surface area contributed by atoms with E-state index in [9.17, 15) is 0 Å². The number of methoxy groups -OCH3 is 1. The van der Waals surface area contributed by atoms with Crippen LogP contribution in [0.5, 0.6) is 5.88 Å². The second-order valence-electron chi connectivity index (χ2n) is 5.45. The highest BCUT2D eigenvalue weighted by Crippen LogP contribution is 2.11. The van der Waals surface area contributed by atoms with E-state index in [4.69, 9.17) is 9.47 Å². The van der Waals surface area contributed by atoms with E-state index in [-0.39, 0.29) is 11.6 Å². The molecule has 1 atom stereocenters. The van der Waals surface area contributed by atoms with Crippen molar-refractivity contribution in [2.45, 2.75) is 45.9 Å². The van der Waals surface area contributed by atoms with Gasteiger partial charge in [-0.15, -0.1) is 0 Å². The molecule has 0 radical (unpaired) electrons. The molecule has 0 spiro atoms.